The number of hydrogen-bond acceptors (Lipinski definition) is 2. The molecule has 21 heavy (non-hydrogen) atoms. The van der Waals surface area contributed by atoms with Gasteiger partial charge < -0.3 is 5.32 Å². The number of nitrogens with one attached hydrogen (secondary N) is 1. The third-order valence-electron chi connectivity index (χ3n) is 3.91. The molecule has 2 rings (SSSR count). The molecule has 0 spiro atoms. The summed E-state index contributed by atoms with van der Waals surface area (Å²) >= 11 is 12.1. The molecular weight excluding hydrogens is 303 g/mol. The lowest BCUT2D eigenvalue weighted by atomic mass is 9.96. The van der Waals surface area contributed by atoms with Crippen molar-refractivity contribution in [2.45, 2.75) is 45.7 Å². The first kappa shape index (κ1) is 17.1. The molecule has 0 radical (unpaired) electrons. The van der Waals surface area contributed by atoms with Crippen molar-refractivity contribution in [3.63, 3.8) is 0 Å². The van der Waals surface area contributed by atoms with Gasteiger partial charge in [-0.2, -0.15) is 0 Å². The van der Waals surface area contributed by atoms with Crippen LogP contribution in [0.4, 0.5) is 0 Å². The Morgan fingerprint density at radius 2 is 2.00 bits per heavy atom. The third-order valence-corrected chi connectivity index (χ3v) is 4.65. The third kappa shape index (κ3) is 5.78. The molecule has 1 N–H and O–H groups in total. The van der Waals surface area contributed by atoms with Crippen LogP contribution in [-0.4, -0.2) is 30.1 Å². The molecule has 1 unspecified atom stereocenters. The Morgan fingerprint density at radius 1 is 1.24 bits per heavy atom. The summed E-state index contributed by atoms with van der Waals surface area (Å²) in [6.45, 7) is 11.1. The number of nitrogens with zero attached hydrogens (tertiary/aromatic N) is 1. The standard InChI is InChI=1S/C17H26Cl2N2/c1-17(2,3)20-10-14-5-4-8-21(12-14)11-13-6-7-15(18)16(19)9-13/h6-7,9,14,20H,4-5,8,10-12H2,1-3H3. The van der Waals surface area contributed by atoms with E-state index in [2.05, 4.69) is 37.1 Å². The van der Waals surface area contributed by atoms with Gasteiger partial charge in [-0.25, -0.2) is 0 Å². The maximum Gasteiger partial charge on any atom is 0.0595 e. The molecule has 1 fully saturated rings. The van der Waals surface area contributed by atoms with Crippen molar-refractivity contribution in [2.75, 3.05) is 19.6 Å². The number of rotatable bonds is 4. The van der Waals surface area contributed by atoms with Crippen LogP contribution in [-0.2, 0) is 6.54 Å². The quantitative estimate of drug-likeness (QED) is 0.869. The van der Waals surface area contributed by atoms with Crippen LogP contribution in [0.1, 0.15) is 39.2 Å². The van der Waals surface area contributed by atoms with Crippen LogP contribution in [0.25, 0.3) is 0 Å². The van der Waals surface area contributed by atoms with Crippen LogP contribution < -0.4 is 5.32 Å². The fourth-order valence-electron chi connectivity index (χ4n) is 2.81. The molecule has 1 heterocycles. The van der Waals surface area contributed by atoms with E-state index in [9.17, 15) is 0 Å². The number of likely N-dealkylation sites (tertiary alicyclic amines) is 1. The molecule has 1 aliphatic heterocycles. The fourth-order valence-corrected chi connectivity index (χ4v) is 3.13. The van der Waals surface area contributed by atoms with Gasteiger partial charge in [0.15, 0.2) is 0 Å². The summed E-state index contributed by atoms with van der Waals surface area (Å²) in [7, 11) is 0. The molecule has 2 nitrogen and oxygen atoms in total. The maximum atomic E-state index is 6.10. The zero-order valence-electron chi connectivity index (χ0n) is 13.3. The zero-order chi connectivity index (χ0) is 15.5. The number of piperidine rings is 1. The highest BCUT2D eigenvalue weighted by Gasteiger charge is 2.21. The monoisotopic (exact) mass is 328 g/mol. The van der Waals surface area contributed by atoms with Gasteiger partial charge in [-0.3, -0.25) is 4.90 Å². The van der Waals surface area contributed by atoms with E-state index in [0.29, 0.717) is 10.0 Å². The second-order valence-electron chi connectivity index (χ2n) is 7.12. The minimum absolute atomic E-state index is 0.200. The molecule has 0 saturated carbocycles. The molecule has 0 amide bonds. The van der Waals surface area contributed by atoms with Gasteiger partial charge in [-0.1, -0.05) is 29.3 Å². The average Bonchev–Trinajstić information content (AvgIpc) is 2.40. The maximum absolute atomic E-state index is 6.10. The van der Waals surface area contributed by atoms with Gasteiger partial charge in [-0.15, -0.1) is 0 Å². The predicted octanol–water partition coefficient (Wildman–Crippen LogP) is 4.59. The highest BCUT2D eigenvalue weighted by Crippen LogP contribution is 2.24. The Balaban J connectivity index is 1.87. The van der Waals surface area contributed by atoms with E-state index in [0.717, 1.165) is 25.6 Å². The summed E-state index contributed by atoms with van der Waals surface area (Å²) < 4.78 is 0. The first-order valence-electron chi connectivity index (χ1n) is 7.75. The van der Waals surface area contributed by atoms with Crippen molar-refractivity contribution >= 4 is 23.2 Å². The molecule has 1 saturated heterocycles. The van der Waals surface area contributed by atoms with Crippen molar-refractivity contribution < 1.29 is 0 Å². The van der Waals surface area contributed by atoms with E-state index in [1.807, 2.05) is 12.1 Å². The summed E-state index contributed by atoms with van der Waals surface area (Å²) in [6, 6.07) is 5.95. The van der Waals surface area contributed by atoms with E-state index in [-0.39, 0.29) is 5.54 Å². The van der Waals surface area contributed by atoms with Crippen molar-refractivity contribution in [2.24, 2.45) is 5.92 Å². The fraction of sp³-hybridized carbons (Fsp3) is 0.647. The second-order valence-corrected chi connectivity index (χ2v) is 7.94. The lowest BCUT2D eigenvalue weighted by Gasteiger charge is -2.34. The van der Waals surface area contributed by atoms with Gasteiger partial charge >= 0.3 is 0 Å². The number of halogens is 2. The van der Waals surface area contributed by atoms with Crippen molar-refractivity contribution in [3.05, 3.63) is 33.8 Å². The SMILES string of the molecule is CC(C)(C)NCC1CCCN(Cc2ccc(Cl)c(Cl)c2)C1. The highest BCUT2D eigenvalue weighted by atomic mass is 35.5. The average molecular weight is 329 g/mol. The predicted molar refractivity (Wildman–Crippen MR) is 92.2 cm³/mol. The van der Waals surface area contributed by atoms with Crippen molar-refractivity contribution in [3.8, 4) is 0 Å². The molecule has 1 aliphatic rings. The molecule has 1 atom stereocenters. The van der Waals surface area contributed by atoms with E-state index in [1.165, 1.54) is 24.9 Å². The second kappa shape index (κ2) is 7.32. The molecule has 0 aliphatic carbocycles. The van der Waals surface area contributed by atoms with Crippen molar-refractivity contribution in [1.29, 1.82) is 0 Å². The molecule has 0 aromatic heterocycles. The first-order chi connectivity index (χ1) is 9.83. The molecule has 1 aromatic carbocycles. The summed E-state index contributed by atoms with van der Waals surface area (Å²) in [5.74, 6) is 0.737. The lowest BCUT2D eigenvalue weighted by molar-refractivity contribution is 0.160. The zero-order valence-corrected chi connectivity index (χ0v) is 14.8. The lowest BCUT2D eigenvalue weighted by Crippen LogP contribution is -2.44. The van der Waals surface area contributed by atoms with Crippen LogP contribution in [0.3, 0.4) is 0 Å². The molecular formula is C17H26Cl2N2. The van der Waals surface area contributed by atoms with Gasteiger partial charge in [0.2, 0.25) is 0 Å². The van der Waals surface area contributed by atoms with Gasteiger partial charge in [-0.05, 0) is 70.3 Å². The normalized spacial score (nSPS) is 20.7. The molecule has 118 valence electrons. The summed E-state index contributed by atoms with van der Waals surface area (Å²) in [5, 5.41) is 4.91. The van der Waals surface area contributed by atoms with E-state index in [1.54, 1.807) is 0 Å². The largest absolute Gasteiger partial charge is 0.312 e. The van der Waals surface area contributed by atoms with Gasteiger partial charge in [0.25, 0.3) is 0 Å². The molecule has 1 aromatic rings. The van der Waals surface area contributed by atoms with Crippen LogP contribution in [0, 0.1) is 5.92 Å². The minimum atomic E-state index is 0.200. The van der Waals surface area contributed by atoms with Gasteiger partial charge in [0.1, 0.15) is 0 Å². The van der Waals surface area contributed by atoms with Crippen LogP contribution in [0.15, 0.2) is 18.2 Å². The summed E-state index contributed by atoms with van der Waals surface area (Å²) in [6.07, 6.45) is 2.60. The summed E-state index contributed by atoms with van der Waals surface area (Å²) in [5.41, 5.74) is 1.44. The molecule has 0 bridgehead atoms. The van der Waals surface area contributed by atoms with Crippen LogP contribution in [0.2, 0.25) is 10.0 Å². The van der Waals surface area contributed by atoms with E-state index in [4.69, 9.17) is 23.2 Å². The van der Waals surface area contributed by atoms with Crippen LogP contribution >= 0.6 is 23.2 Å². The smallest absolute Gasteiger partial charge is 0.0595 e. The van der Waals surface area contributed by atoms with Gasteiger partial charge in [0.05, 0.1) is 10.0 Å². The minimum Gasteiger partial charge on any atom is -0.312 e. The highest BCUT2D eigenvalue weighted by molar-refractivity contribution is 6.42. The van der Waals surface area contributed by atoms with Crippen LogP contribution in [0.5, 0.6) is 0 Å². The first-order valence-corrected chi connectivity index (χ1v) is 8.50. The summed E-state index contributed by atoms with van der Waals surface area (Å²) in [4.78, 5) is 2.53. The Hall–Kier alpha value is -0.280. The van der Waals surface area contributed by atoms with Crippen molar-refractivity contribution in [1.82, 2.24) is 10.2 Å². The number of benzene rings is 1. The van der Waals surface area contributed by atoms with E-state index >= 15 is 0 Å². The van der Waals surface area contributed by atoms with Gasteiger partial charge in [0, 0.05) is 18.6 Å². The topological polar surface area (TPSA) is 15.3 Å². The Labute approximate surface area is 138 Å². The Morgan fingerprint density at radius 3 is 2.67 bits per heavy atom. The Bertz CT molecular complexity index is 468. The molecule has 4 heteroatoms. The number of hydrogen-bond donors (Lipinski definition) is 1. The Kier molecular flexibility index (Phi) is 5.96. The van der Waals surface area contributed by atoms with E-state index < -0.39 is 0 Å².